The van der Waals surface area contributed by atoms with Crippen molar-refractivity contribution in [1.82, 2.24) is 10.3 Å². The van der Waals surface area contributed by atoms with E-state index in [0.717, 1.165) is 19.3 Å². The minimum Gasteiger partial charge on any atom is -0.477 e. The van der Waals surface area contributed by atoms with E-state index in [4.69, 9.17) is 5.11 Å². The highest BCUT2D eigenvalue weighted by molar-refractivity contribution is 5.99. The molecule has 1 aliphatic carbocycles. The van der Waals surface area contributed by atoms with Crippen LogP contribution in [0.3, 0.4) is 0 Å². The van der Waals surface area contributed by atoms with Gasteiger partial charge in [0.2, 0.25) is 0 Å². The van der Waals surface area contributed by atoms with Crippen LogP contribution in [0.25, 0.3) is 0 Å². The summed E-state index contributed by atoms with van der Waals surface area (Å²) in [6.45, 7) is 3.91. The van der Waals surface area contributed by atoms with Crippen molar-refractivity contribution in [3.8, 4) is 0 Å². The van der Waals surface area contributed by atoms with Crippen molar-refractivity contribution in [3.05, 3.63) is 17.5 Å². The molecule has 21 heavy (non-hydrogen) atoms. The average molecular weight is 293 g/mol. The number of hydrogen-bond donors (Lipinski definition) is 4. The van der Waals surface area contributed by atoms with Crippen LogP contribution in [0, 0.1) is 12.8 Å². The first-order valence-electron chi connectivity index (χ1n) is 7.48. The Bertz CT molecular complexity index is 524. The van der Waals surface area contributed by atoms with Crippen molar-refractivity contribution in [1.29, 1.82) is 0 Å². The van der Waals surface area contributed by atoms with E-state index in [1.807, 2.05) is 0 Å². The van der Waals surface area contributed by atoms with E-state index < -0.39 is 5.97 Å². The third-order valence-electron chi connectivity index (χ3n) is 4.09. The topological polar surface area (TPSA) is 94.2 Å². The van der Waals surface area contributed by atoms with Crippen LogP contribution in [-0.2, 0) is 0 Å². The number of H-pyrrole nitrogens is 1. The molecule has 0 spiro atoms. The number of amides is 2. The summed E-state index contributed by atoms with van der Waals surface area (Å²) in [6.07, 6.45) is 5.64. The molecule has 0 saturated heterocycles. The molecule has 1 aromatic heterocycles. The summed E-state index contributed by atoms with van der Waals surface area (Å²) >= 11 is 0. The average Bonchev–Trinajstić information content (AvgIpc) is 2.65. The molecule has 6 heteroatoms. The lowest BCUT2D eigenvalue weighted by molar-refractivity contribution is 0.0692. The van der Waals surface area contributed by atoms with Crippen LogP contribution in [0.4, 0.5) is 10.5 Å². The predicted molar refractivity (Wildman–Crippen MR) is 80.7 cm³/mol. The lowest BCUT2D eigenvalue weighted by atomic mass is 9.97. The maximum absolute atomic E-state index is 12.1. The molecule has 0 bridgehead atoms. The van der Waals surface area contributed by atoms with Crippen molar-refractivity contribution in [2.75, 3.05) is 5.32 Å². The van der Waals surface area contributed by atoms with E-state index in [1.165, 1.54) is 12.8 Å². The fraction of sp³-hybridized carbons (Fsp3) is 0.600. The van der Waals surface area contributed by atoms with E-state index >= 15 is 0 Å². The summed E-state index contributed by atoms with van der Waals surface area (Å²) in [5.41, 5.74) is 1.01. The quantitative estimate of drug-likeness (QED) is 0.645. The Balaban J connectivity index is 1.99. The fourth-order valence-corrected chi connectivity index (χ4v) is 2.89. The highest BCUT2D eigenvalue weighted by atomic mass is 16.4. The van der Waals surface area contributed by atoms with Gasteiger partial charge in [-0.05, 0) is 31.7 Å². The van der Waals surface area contributed by atoms with Crippen molar-refractivity contribution in [3.63, 3.8) is 0 Å². The zero-order valence-electron chi connectivity index (χ0n) is 12.5. The zero-order chi connectivity index (χ0) is 15.4. The number of aryl methyl sites for hydroxylation is 1. The second kappa shape index (κ2) is 6.65. The Morgan fingerprint density at radius 2 is 2.00 bits per heavy atom. The van der Waals surface area contributed by atoms with Crippen LogP contribution in [0.15, 0.2) is 6.07 Å². The summed E-state index contributed by atoms with van der Waals surface area (Å²) in [5.74, 6) is -0.633. The van der Waals surface area contributed by atoms with Crippen LogP contribution in [-0.4, -0.2) is 28.1 Å². The van der Waals surface area contributed by atoms with Gasteiger partial charge in [-0.15, -0.1) is 0 Å². The predicted octanol–water partition coefficient (Wildman–Crippen LogP) is 3.11. The number of aromatic nitrogens is 1. The first kappa shape index (κ1) is 15.4. The number of carboxylic acid groups (broad SMARTS) is 1. The highest BCUT2D eigenvalue weighted by Gasteiger charge is 2.22. The number of carboxylic acids is 1. The second-order valence-corrected chi connectivity index (χ2v) is 5.87. The molecule has 0 aliphatic heterocycles. The Hall–Kier alpha value is -1.98. The van der Waals surface area contributed by atoms with Gasteiger partial charge in [-0.1, -0.05) is 26.2 Å². The molecule has 1 aliphatic rings. The van der Waals surface area contributed by atoms with Gasteiger partial charge in [0.05, 0.1) is 5.69 Å². The molecule has 2 atom stereocenters. The molecule has 6 nitrogen and oxygen atoms in total. The molecule has 1 fully saturated rings. The summed E-state index contributed by atoms with van der Waals surface area (Å²) in [6, 6.07) is 1.44. The van der Waals surface area contributed by atoms with Gasteiger partial charge in [-0.2, -0.15) is 0 Å². The molecule has 1 aromatic rings. The number of carbonyl (C=O) groups is 2. The lowest BCUT2D eigenvalue weighted by Gasteiger charge is -2.22. The molecule has 0 aromatic carbocycles. The smallest absolute Gasteiger partial charge is 0.354 e. The molecular formula is C15H23N3O3. The van der Waals surface area contributed by atoms with E-state index in [-0.39, 0.29) is 17.8 Å². The fourth-order valence-electron chi connectivity index (χ4n) is 2.89. The number of aromatic carboxylic acids is 1. The van der Waals surface area contributed by atoms with E-state index in [2.05, 4.69) is 22.5 Å². The third kappa shape index (κ3) is 4.00. The number of carbonyl (C=O) groups excluding carboxylic acids is 1. The minimum absolute atomic E-state index is 0.0107. The van der Waals surface area contributed by atoms with Gasteiger partial charge in [0.25, 0.3) is 0 Å². The van der Waals surface area contributed by atoms with Gasteiger partial charge in [0.1, 0.15) is 5.69 Å². The summed E-state index contributed by atoms with van der Waals surface area (Å²) in [5, 5.41) is 14.7. The van der Waals surface area contributed by atoms with Gasteiger partial charge in [0, 0.05) is 11.7 Å². The van der Waals surface area contributed by atoms with Crippen molar-refractivity contribution < 1.29 is 14.7 Å². The van der Waals surface area contributed by atoms with E-state index in [1.54, 1.807) is 13.0 Å². The summed E-state index contributed by atoms with van der Waals surface area (Å²) in [7, 11) is 0. The summed E-state index contributed by atoms with van der Waals surface area (Å²) < 4.78 is 0. The molecule has 1 saturated carbocycles. The molecule has 0 radical (unpaired) electrons. The molecule has 2 amide bonds. The van der Waals surface area contributed by atoms with Gasteiger partial charge in [0.15, 0.2) is 0 Å². The van der Waals surface area contributed by atoms with Gasteiger partial charge < -0.3 is 20.7 Å². The van der Waals surface area contributed by atoms with Gasteiger partial charge >= 0.3 is 12.0 Å². The molecule has 2 unspecified atom stereocenters. The molecule has 116 valence electrons. The SMILES string of the molecule is Cc1cc(NC(=O)NC2CCCCCC2C)c(C(=O)O)[nH]1. The number of hydrogen-bond acceptors (Lipinski definition) is 2. The Labute approximate surface area is 124 Å². The van der Waals surface area contributed by atoms with Crippen molar-refractivity contribution >= 4 is 17.7 Å². The Kier molecular flexibility index (Phi) is 4.88. The van der Waals surface area contributed by atoms with E-state index in [0.29, 0.717) is 17.3 Å². The normalized spacial score (nSPS) is 22.4. The number of urea groups is 1. The van der Waals surface area contributed by atoms with Crippen molar-refractivity contribution in [2.24, 2.45) is 5.92 Å². The first-order chi connectivity index (χ1) is 9.97. The second-order valence-electron chi connectivity index (χ2n) is 5.87. The standard InChI is InChI=1S/C15H23N3O3/c1-9-6-4-3-5-7-11(9)17-15(21)18-12-8-10(2)16-13(12)14(19)20/h8-9,11,16H,3-7H2,1-2H3,(H,19,20)(H2,17,18,21). The Morgan fingerprint density at radius 1 is 1.29 bits per heavy atom. The van der Waals surface area contributed by atoms with Crippen LogP contribution in [0.1, 0.15) is 55.2 Å². The zero-order valence-corrected chi connectivity index (χ0v) is 12.5. The summed E-state index contributed by atoms with van der Waals surface area (Å²) in [4.78, 5) is 25.9. The third-order valence-corrected chi connectivity index (χ3v) is 4.09. The monoisotopic (exact) mass is 293 g/mol. The number of nitrogens with one attached hydrogen (secondary N) is 3. The van der Waals surface area contributed by atoms with Gasteiger partial charge in [-0.3, -0.25) is 0 Å². The van der Waals surface area contributed by atoms with E-state index in [9.17, 15) is 9.59 Å². The van der Waals surface area contributed by atoms with Crippen LogP contribution in [0.5, 0.6) is 0 Å². The number of anilines is 1. The number of aromatic amines is 1. The van der Waals surface area contributed by atoms with Crippen LogP contribution in [0.2, 0.25) is 0 Å². The highest BCUT2D eigenvalue weighted by Crippen LogP contribution is 2.23. The van der Waals surface area contributed by atoms with Crippen LogP contribution >= 0.6 is 0 Å². The van der Waals surface area contributed by atoms with Crippen molar-refractivity contribution in [2.45, 2.75) is 52.0 Å². The van der Waals surface area contributed by atoms with Crippen LogP contribution < -0.4 is 10.6 Å². The largest absolute Gasteiger partial charge is 0.477 e. The molecule has 2 rings (SSSR count). The lowest BCUT2D eigenvalue weighted by Crippen LogP contribution is -2.41. The first-order valence-corrected chi connectivity index (χ1v) is 7.48. The maximum atomic E-state index is 12.1. The minimum atomic E-state index is -1.08. The number of rotatable bonds is 3. The molecule has 1 heterocycles. The molecular weight excluding hydrogens is 270 g/mol. The van der Waals surface area contributed by atoms with Gasteiger partial charge in [-0.25, -0.2) is 9.59 Å². The Morgan fingerprint density at radius 3 is 2.71 bits per heavy atom. The maximum Gasteiger partial charge on any atom is 0.354 e. The molecule has 4 N–H and O–H groups in total.